The molecule has 1 heterocycles. The summed E-state index contributed by atoms with van der Waals surface area (Å²) >= 11 is 7.61. The van der Waals surface area contributed by atoms with E-state index in [1.54, 1.807) is 7.11 Å². The Kier molecular flexibility index (Phi) is 4.08. The highest BCUT2D eigenvalue weighted by molar-refractivity contribution is 7.99. The molecule has 0 amide bonds. The van der Waals surface area contributed by atoms with Gasteiger partial charge in [0.15, 0.2) is 4.77 Å². The van der Waals surface area contributed by atoms with E-state index in [1.807, 2.05) is 12.1 Å². The molecule has 0 bridgehead atoms. The molecule has 3 nitrogen and oxygen atoms in total. The lowest BCUT2D eigenvalue weighted by Crippen LogP contribution is -2.06. The Balaban J connectivity index is 1.98. The first-order valence-corrected chi connectivity index (χ1v) is 8.58. The molecule has 3 rings (SSSR count). The second-order valence-electron chi connectivity index (χ2n) is 5.23. The quantitative estimate of drug-likeness (QED) is 0.840. The Morgan fingerprint density at radius 1 is 1.45 bits per heavy atom. The van der Waals surface area contributed by atoms with Crippen molar-refractivity contribution in [3.63, 3.8) is 0 Å². The number of fused-ring (bicyclic) bond motifs is 1. The average molecular weight is 308 g/mol. The molecule has 2 unspecified atom stereocenters. The highest BCUT2D eigenvalue weighted by Gasteiger charge is 2.27. The smallest absolute Gasteiger partial charge is 0.178 e. The fraction of sp³-hybridized carbons (Fsp3) is 0.533. The van der Waals surface area contributed by atoms with Crippen molar-refractivity contribution in [3.05, 3.63) is 23.0 Å². The number of hydrogen-bond acceptors (Lipinski definition) is 3. The molecule has 5 heteroatoms. The van der Waals surface area contributed by atoms with Gasteiger partial charge in [-0.15, -0.1) is 0 Å². The number of hydrogen-bond donors (Lipinski definition) is 1. The van der Waals surface area contributed by atoms with E-state index in [0.717, 1.165) is 21.3 Å². The topological polar surface area (TPSA) is 29.9 Å². The summed E-state index contributed by atoms with van der Waals surface area (Å²) in [4.78, 5) is 3.32. The maximum atomic E-state index is 5.53. The van der Waals surface area contributed by atoms with Crippen molar-refractivity contribution in [3.8, 4) is 5.75 Å². The summed E-state index contributed by atoms with van der Waals surface area (Å²) in [6, 6.07) is 6.63. The molecule has 1 aliphatic rings. The Labute approximate surface area is 128 Å². The van der Waals surface area contributed by atoms with Gasteiger partial charge in [-0.1, -0.05) is 6.92 Å². The maximum absolute atomic E-state index is 5.53. The van der Waals surface area contributed by atoms with Crippen molar-refractivity contribution in [2.24, 2.45) is 0 Å². The van der Waals surface area contributed by atoms with Crippen LogP contribution in [0, 0.1) is 4.77 Å². The van der Waals surface area contributed by atoms with Crippen LogP contribution in [0.2, 0.25) is 0 Å². The zero-order valence-electron chi connectivity index (χ0n) is 11.9. The van der Waals surface area contributed by atoms with Gasteiger partial charge in [0, 0.05) is 17.4 Å². The molecule has 20 heavy (non-hydrogen) atoms. The van der Waals surface area contributed by atoms with Crippen molar-refractivity contribution < 1.29 is 4.74 Å². The van der Waals surface area contributed by atoms with Gasteiger partial charge in [-0.25, -0.2) is 0 Å². The summed E-state index contributed by atoms with van der Waals surface area (Å²) in [6.45, 7) is 2.24. The number of thioether (sulfide) groups is 1. The first kappa shape index (κ1) is 14.0. The molecule has 108 valence electrons. The highest BCUT2D eigenvalue weighted by Crippen LogP contribution is 2.39. The molecule has 0 saturated heterocycles. The number of aromatic amines is 1. The van der Waals surface area contributed by atoms with Gasteiger partial charge in [-0.3, -0.25) is 0 Å². The normalized spacial score (nSPS) is 22.5. The van der Waals surface area contributed by atoms with Gasteiger partial charge in [-0.2, -0.15) is 11.8 Å². The van der Waals surface area contributed by atoms with E-state index < -0.39 is 0 Å². The molecule has 1 aromatic heterocycles. The molecule has 1 N–H and O–H groups in total. The third kappa shape index (κ3) is 2.49. The lowest BCUT2D eigenvalue weighted by Gasteiger charge is -2.14. The van der Waals surface area contributed by atoms with E-state index in [2.05, 4.69) is 34.3 Å². The Morgan fingerprint density at radius 2 is 2.30 bits per heavy atom. The standard InChI is InChI=1S/C15H20N2OS2/c1-3-20-12-6-4-10(8-12)17-14-9-11(18-2)5-7-13(14)16-15(17)19/h5,7,9-10,12H,3-4,6,8H2,1-2H3,(H,16,19). The van der Waals surface area contributed by atoms with Crippen molar-refractivity contribution in [1.29, 1.82) is 0 Å². The van der Waals surface area contributed by atoms with Gasteiger partial charge in [0.05, 0.1) is 18.1 Å². The largest absolute Gasteiger partial charge is 0.497 e. The molecular weight excluding hydrogens is 288 g/mol. The van der Waals surface area contributed by atoms with Crippen LogP contribution in [0.1, 0.15) is 32.2 Å². The third-order valence-electron chi connectivity index (χ3n) is 4.05. The van der Waals surface area contributed by atoms with Gasteiger partial charge in [-0.05, 0) is 49.4 Å². The lowest BCUT2D eigenvalue weighted by molar-refractivity contribution is 0.415. The summed E-state index contributed by atoms with van der Waals surface area (Å²) in [7, 11) is 1.70. The number of aromatic nitrogens is 2. The van der Waals surface area contributed by atoms with Crippen molar-refractivity contribution in [1.82, 2.24) is 9.55 Å². The zero-order chi connectivity index (χ0) is 14.1. The number of H-pyrrole nitrogens is 1. The third-order valence-corrected chi connectivity index (χ3v) is 5.58. The molecule has 0 aliphatic heterocycles. The number of nitrogens with one attached hydrogen (secondary N) is 1. The summed E-state index contributed by atoms with van der Waals surface area (Å²) in [5.41, 5.74) is 2.27. The maximum Gasteiger partial charge on any atom is 0.178 e. The minimum atomic E-state index is 0.521. The van der Waals surface area contributed by atoms with E-state index in [4.69, 9.17) is 17.0 Å². The van der Waals surface area contributed by atoms with E-state index in [-0.39, 0.29) is 0 Å². The predicted octanol–water partition coefficient (Wildman–Crippen LogP) is 4.55. The van der Waals surface area contributed by atoms with E-state index >= 15 is 0 Å². The van der Waals surface area contributed by atoms with Crippen LogP contribution in [0.3, 0.4) is 0 Å². The van der Waals surface area contributed by atoms with Crippen LogP contribution in [-0.2, 0) is 0 Å². The summed E-state index contributed by atoms with van der Waals surface area (Å²) in [6.07, 6.45) is 3.73. The number of benzene rings is 1. The fourth-order valence-corrected chi connectivity index (χ4v) is 4.62. The molecule has 0 spiro atoms. The lowest BCUT2D eigenvalue weighted by atomic mass is 10.2. The van der Waals surface area contributed by atoms with Crippen LogP contribution in [-0.4, -0.2) is 27.7 Å². The molecule has 1 aliphatic carbocycles. The van der Waals surface area contributed by atoms with Crippen LogP contribution in [0.4, 0.5) is 0 Å². The number of nitrogens with zero attached hydrogens (tertiary/aromatic N) is 1. The number of rotatable bonds is 4. The van der Waals surface area contributed by atoms with Gasteiger partial charge >= 0.3 is 0 Å². The number of methoxy groups -OCH3 is 1. The predicted molar refractivity (Wildman–Crippen MR) is 88.5 cm³/mol. The second kappa shape index (κ2) is 5.82. The van der Waals surface area contributed by atoms with Crippen LogP contribution >= 0.6 is 24.0 Å². The minimum absolute atomic E-state index is 0.521. The van der Waals surface area contributed by atoms with Crippen molar-refractivity contribution >= 4 is 35.0 Å². The van der Waals surface area contributed by atoms with Crippen LogP contribution in [0.25, 0.3) is 11.0 Å². The van der Waals surface area contributed by atoms with Gasteiger partial charge in [0.1, 0.15) is 5.75 Å². The van der Waals surface area contributed by atoms with Crippen LogP contribution in [0.5, 0.6) is 5.75 Å². The Bertz CT molecular complexity index is 661. The Morgan fingerprint density at radius 3 is 3.05 bits per heavy atom. The van der Waals surface area contributed by atoms with E-state index in [1.165, 1.54) is 30.5 Å². The molecule has 0 radical (unpaired) electrons. The molecular formula is C15H20N2OS2. The monoisotopic (exact) mass is 308 g/mol. The van der Waals surface area contributed by atoms with Crippen molar-refractivity contribution in [2.45, 2.75) is 37.5 Å². The fourth-order valence-electron chi connectivity index (χ4n) is 3.13. The van der Waals surface area contributed by atoms with E-state index in [0.29, 0.717) is 6.04 Å². The summed E-state index contributed by atoms with van der Waals surface area (Å²) in [5, 5.41) is 0.780. The SMILES string of the molecule is CCSC1CCC(n2c(=S)[nH]c3ccc(OC)cc32)C1. The molecule has 2 atom stereocenters. The molecule has 1 aromatic carbocycles. The van der Waals surface area contributed by atoms with Crippen molar-refractivity contribution in [2.75, 3.05) is 12.9 Å². The second-order valence-corrected chi connectivity index (χ2v) is 7.19. The van der Waals surface area contributed by atoms with Gasteiger partial charge in [0.25, 0.3) is 0 Å². The minimum Gasteiger partial charge on any atom is -0.497 e. The summed E-state index contributed by atoms with van der Waals surface area (Å²) < 4.78 is 8.47. The van der Waals surface area contributed by atoms with Crippen LogP contribution < -0.4 is 4.74 Å². The average Bonchev–Trinajstić information content (AvgIpc) is 3.01. The molecule has 1 saturated carbocycles. The first-order valence-electron chi connectivity index (χ1n) is 7.12. The number of imidazole rings is 1. The Hall–Kier alpha value is -0.940. The van der Waals surface area contributed by atoms with E-state index in [9.17, 15) is 0 Å². The molecule has 1 fully saturated rings. The summed E-state index contributed by atoms with van der Waals surface area (Å²) in [5.74, 6) is 2.09. The molecule has 2 aromatic rings. The zero-order valence-corrected chi connectivity index (χ0v) is 13.5. The van der Waals surface area contributed by atoms with Crippen LogP contribution in [0.15, 0.2) is 18.2 Å². The first-order chi connectivity index (χ1) is 9.72. The highest BCUT2D eigenvalue weighted by atomic mass is 32.2. The van der Waals surface area contributed by atoms with Gasteiger partial charge in [0.2, 0.25) is 0 Å². The van der Waals surface area contributed by atoms with Gasteiger partial charge < -0.3 is 14.3 Å². The number of ether oxygens (including phenoxy) is 1.